The van der Waals surface area contributed by atoms with Gasteiger partial charge in [0.25, 0.3) is 5.91 Å². The molecular weight excluding hydrogens is 298 g/mol. The fourth-order valence-corrected chi connectivity index (χ4v) is 2.70. The number of hydrogen-bond donors (Lipinski definition) is 1. The van der Waals surface area contributed by atoms with Crippen LogP contribution >= 0.6 is 0 Å². The molecule has 3 heteroatoms. The van der Waals surface area contributed by atoms with Crippen LogP contribution in [0.15, 0.2) is 66.7 Å². The highest BCUT2D eigenvalue weighted by Gasteiger charge is 2.09. The number of para-hydroxylation sites is 1. The fourth-order valence-electron chi connectivity index (χ4n) is 2.70. The molecule has 0 heterocycles. The molecule has 24 heavy (non-hydrogen) atoms. The van der Waals surface area contributed by atoms with Crippen molar-refractivity contribution in [2.24, 2.45) is 0 Å². The Balaban J connectivity index is 1.65. The maximum absolute atomic E-state index is 12.2. The van der Waals surface area contributed by atoms with Gasteiger partial charge in [0.1, 0.15) is 5.75 Å². The zero-order chi connectivity index (χ0) is 16.9. The summed E-state index contributed by atoms with van der Waals surface area (Å²) in [5.74, 6) is 0.953. The normalized spacial score (nSPS) is 10.8. The molecule has 0 saturated carbocycles. The van der Waals surface area contributed by atoms with Gasteiger partial charge in [0.2, 0.25) is 0 Å². The van der Waals surface area contributed by atoms with Crippen LogP contribution in [0, 0.1) is 0 Å². The molecule has 0 aliphatic carbocycles. The zero-order valence-electron chi connectivity index (χ0n) is 14.0. The molecule has 0 aliphatic rings. The summed E-state index contributed by atoms with van der Waals surface area (Å²) < 4.78 is 5.71. The number of carbonyl (C=O) groups excluding carboxylic acids is 1. The monoisotopic (exact) mass is 319 g/mol. The summed E-state index contributed by atoms with van der Waals surface area (Å²) in [7, 11) is 0. The molecule has 0 saturated heterocycles. The number of nitrogens with one attached hydrogen (secondary N) is 1. The minimum Gasteiger partial charge on any atom is -0.483 e. The minimum atomic E-state index is -0.163. The van der Waals surface area contributed by atoms with Crippen LogP contribution in [-0.2, 0) is 4.79 Å². The van der Waals surface area contributed by atoms with Crippen molar-refractivity contribution in [3.05, 3.63) is 72.3 Å². The van der Waals surface area contributed by atoms with Crippen LogP contribution in [0.3, 0.4) is 0 Å². The lowest BCUT2D eigenvalue weighted by Crippen LogP contribution is -2.20. The molecule has 0 aliphatic heterocycles. The van der Waals surface area contributed by atoms with E-state index in [1.807, 2.05) is 66.7 Å². The molecule has 0 aromatic heterocycles. The van der Waals surface area contributed by atoms with E-state index in [4.69, 9.17) is 4.74 Å². The van der Waals surface area contributed by atoms with Gasteiger partial charge in [-0.1, -0.05) is 62.4 Å². The molecule has 3 aromatic rings. The first-order chi connectivity index (χ1) is 11.6. The smallest absolute Gasteiger partial charge is 0.262 e. The first kappa shape index (κ1) is 16.1. The van der Waals surface area contributed by atoms with Crippen molar-refractivity contribution in [1.29, 1.82) is 0 Å². The number of ether oxygens (including phenoxy) is 1. The van der Waals surface area contributed by atoms with Gasteiger partial charge < -0.3 is 10.1 Å². The van der Waals surface area contributed by atoms with E-state index in [1.165, 1.54) is 0 Å². The number of fused-ring (bicyclic) bond motifs is 1. The van der Waals surface area contributed by atoms with E-state index in [2.05, 4.69) is 19.2 Å². The second-order valence-electron chi connectivity index (χ2n) is 6.09. The maximum atomic E-state index is 12.2. The van der Waals surface area contributed by atoms with Gasteiger partial charge >= 0.3 is 0 Å². The first-order valence-corrected chi connectivity index (χ1v) is 8.14. The van der Waals surface area contributed by atoms with Gasteiger partial charge in [0.15, 0.2) is 6.61 Å². The van der Waals surface area contributed by atoms with Gasteiger partial charge in [0, 0.05) is 5.69 Å². The van der Waals surface area contributed by atoms with Crippen LogP contribution in [-0.4, -0.2) is 12.5 Å². The Kier molecular flexibility index (Phi) is 4.80. The number of hydrogen-bond acceptors (Lipinski definition) is 2. The summed E-state index contributed by atoms with van der Waals surface area (Å²) in [5.41, 5.74) is 1.88. The van der Waals surface area contributed by atoms with Crippen molar-refractivity contribution >= 4 is 22.4 Å². The summed E-state index contributed by atoms with van der Waals surface area (Å²) in [5, 5.41) is 5.14. The number of carbonyl (C=O) groups is 1. The Morgan fingerprint density at radius 1 is 0.958 bits per heavy atom. The number of benzene rings is 3. The van der Waals surface area contributed by atoms with Crippen LogP contribution in [0.1, 0.15) is 25.3 Å². The van der Waals surface area contributed by atoms with E-state index in [-0.39, 0.29) is 12.5 Å². The summed E-state index contributed by atoms with van der Waals surface area (Å²) >= 11 is 0. The molecule has 0 bridgehead atoms. The second kappa shape index (κ2) is 7.18. The van der Waals surface area contributed by atoms with Gasteiger partial charge in [-0.3, -0.25) is 4.79 Å². The van der Waals surface area contributed by atoms with Crippen molar-refractivity contribution < 1.29 is 9.53 Å². The van der Waals surface area contributed by atoms with Crippen LogP contribution in [0.4, 0.5) is 5.69 Å². The van der Waals surface area contributed by atoms with E-state index < -0.39 is 0 Å². The van der Waals surface area contributed by atoms with E-state index >= 15 is 0 Å². The third-order valence-electron chi connectivity index (χ3n) is 3.93. The third kappa shape index (κ3) is 3.74. The molecule has 0 fully saturated rings. The number of rotatable bonds is 5. The summed E-state index contributed by atoms with van der Waals surface area (Å²) in [6, 6.07) is 21.8. The molecule has 1 amide bonds. The Morgan fingerprint density at radius 3 is 2.46 bits per heavy atom. The van der Waals surface area contributed by atoms with Gasteiger partial charge in [-0.05, 0) is 40.5 Å². The number of anilines is 1. The van der Waals surface area contributed by atoms with Gasteiger partial charge in [0.05, 0.1) is 0 Å². The molecule has 3 aromatic carbocycles. The van der Waals surface area contributed by atoms with Crippen LogP contribution in [0.2, 0.25) is 0 Å². The highest BCUT2D eigenvalue weighted by molar-refractivity contribution is 5.95. The molecule has 1 N–H and O–H groups in total. The van der Waals surface area contributed by atoms with Crippen molar-refractivity contribution in [3.8, 4) is 5.75 Å². The van der Waals surface area contributed by atoms with E-state index in [0.29, 0.717) is 5.92 Å². The molecule has 0 atom stereocenters. The van der Waals surface area contributed by atoms with E-state index in [9.17, 15) is 4.79 Å². The van der Waals surface area contributed by atoms with Crippen molar-refractivity contribution in [1.82, 2.24) is 0 Å². The highest BCUT2D eigenvalue weighted by Crippen LogP contribution is 2.26. The Hall–Kier alpha value is -2.81. The molecule has 122 valence electrons. The first-order valence-electron chi connectivity index (χ1n) is 8.14. The fraction of sp³-hybridized carbons (Fsp3) is 0.190. The van der Waals surface area contributed by atoms with Crippen LogP contribution < -0.4 is 10.1 Å². The average Bonchev–Trinajstić information content (AvgIpc) is 2.60. The SMILES string of the molecule is CC(C)c1ccccc1OCC(=O)Nc1ccc2ccccc2c1. The van der Waals surface area contributed by atoms with Crippen LogP contribution in [0.5, 0.6) is 5.75 Å². The average molecular weight is 319 g/mol. The predicted octanol–water partition coefficient (Wildman–Crippen LogP) is 4.98. The molecule has 3 nitrogen and oxygen atoms in total. The predicted molar refractivity (Wildman–Crippen MR) is 98.6 cm³/mol. The Bertz CT molecular complexity index is 855. The van der Waals surface area contributed by atoms with Gasteiger partial charge in [-0.15, -0.1) is 0 Å². The molecular formula is C21H21NO2. The largest absolute Gasteiger partial charge is 0.483 e. The van der Waals surface area contributed by atoms with Crippen molar-refractivity contribution in [2.75, 3.05) is 11.9 Å². The maximum Gasteiger partial charge on any atom is 0.262 e. The summed E-state index contributed by atoms with van der Waals surface area (Å²) in [4.78, 5) is 12.2. The third-order valence-corrected chi connectivity index (χ3v) is 3.93. The lowest BCUT2D eigenvalue weighted by Gasteiger charge is -2.13. The van der Waals surface area contributed by atoms with E-state index in [0.717, 1.165) is 27.8 Å². The lowest BCUT2D eigenvalue weighted by atomic mass is 10.0. The van der Waals surface area contributed by atoms with Crippen molar-refractivity contribution in [3.63, 3.8) is 0 Å². The molecule has 3 rings (SSSR count). The molecule has 0 spiro atoms. The number of amides is 1. The second-order valence-corrected chi connectivity index (χ2v) is 6.09. The zero-order valence-corrected chi connectivity index (χ0v) is 14.0. The Labute approximate surface area is 142 Å². The molecule has 0 unspecified atom stereocenters. The quantitative estimate of drug-likeness (QED) is 0.720. The Morgan fingerprint density at radius 2 is 1.67 bits per heavy atom. The standard InChI is InChI=1S/C21H21NO2/c1-15(2)19-9-5-6-10-20(19)24-14-21(23)22-18-12-11-16-7-3-4-8-17(16)13-18/h3-13,15H,14H2,1-2H3,(H,22,23). The minimum absolute atomic E-state index is 0.00341. The van der Waals surface area contributed by atoms with Gasteiger partial charge in [-0.25, -0.2) is 0 Å². The molecule has 0 radical (unpaired) electrons. The summed E-state index contributed by atoms with van der Waals surface area (Å²) in [6.45, 7) is 4.21. The van der Waals surface area contributed by atoms with Gasteiger partial charge in [-0.2, -0.15) is 0 Å². The van der Waals surface area contributed by atoms with Crippen LogP contribution in [0.25, 0.3) is 10.8 Å². The van der Waals surface area contributed by atoms with E-state index in [1.54, 1.807) is 0 Å². The highest BCUT2D eigenvalue weighted by atomic mass is 16.5. The lowest BCUT2D eigenvalue weighted by molar-refractivity contribution is -0.118. The summed E-state index contributed by atoms with van der Waals surface area (Å²) in [6.07, 6.45) is 0. The topological polar surface area (TPSA) is 38.3 Å². The van der Waals surface area contributed by atoms with Crippen molar-refractivity contribution in [2.45, 2.75) is 19.8 Å².